The third-order valence-electron chi connectivity index (χ3n) is 7.28. The molecule has 2 atom stereocenters. The molecule has 2 N–H and O–H groups in total. The standard InChI is InChI=1S/C17H25N3O3.C14H21N3O3.CH4/c1-16(2)22-13-15(23-16)12-21-14-17(6-4-9-18,7-5-10-19)8-11-20-3;1-17-9-6-14(4-2-7-15,5-3-8-16)12-20-11-13(19)10-18;/h15H,4-8,11-14H2,1-2H3;13,18-19H,2-6,9-12H2;1H4/p+1. The normalized spacial score (nSPS) is 15.8. The highest BCUT2D eigenvalue weighted by Gasteiger charge is 2.35. The van der Waals surface area contributed by atoms with Crippen molar-refractivity contribution in [3.63, 3.8) is 0 Å². The monoisotopic (exact) mass is 615 g/mol. The highest BCUT2D eigenvalue weighted by Crippen LogP contribution is 2.35. The van der Waals surface area contributed by atoms with E-state index < -0.39 is 11.9 Å². The fourth-order valence-corrected chi connectivity index (χ4v) is 4.77. The first-order valence-electron chi connectivity index (χ1n) is 14.5. The van der Waals surface area contributed by atoms with Gasteiger partial charge in [0, 0.05) is 49.4 Å². The van der Waals surface area contributed by atoms with Crippen molar-refractivity contribution in [2.24, 2.45) is 10.8 Å². The summed E-state index contributed by atoms with van der Waals surface area (Å²) >= 11 is 0. The van der Waals surface area contributed by atoms with E-state index in [4.69, 9.17) is 58.2 Å². The van der Waals surface area contributed by atoms with Gasteiger partial charge in [0.1, 0.15) is 12.2 Å². The van der Waals surface area contributed by atoms with Gasteiger partial charge in [-0.1, -0.05) is 7.43 Å². The van der Waals surface area contributed by atoms with Crippen molar-refractivity contribution in [1.82, 2.24) is 0 Å². The van der Waals surface area contributed by atoms with E-state index in [0.29, 0.717) is 97.1 Å². The number of aliphatic hydroxyl groups excluding tert-OH is 2. The lowest BCUT2D eigenvalue weighted by molar-refractivity contribution is -0.147. The second kappa shape index (κ2) is 25.1. The van der Waals surface area contributed by atoms with E-state index in [2.05, 4.69) is 34.0 Å². The molecule has 44 heavy (non-hydrogen) atoms. The summed E-state index contributed by atoms with van der Waals surface area (Å²) in [6.45, 7) is 19.6. The lowest BCUT2D eigenvalue weighted by Crippen LogP contribution is -2.31. The molecule has 0 radical (unpaired) electrons. The Bertz CT molecular complexity index is 943. The molecular formula is C32H51N6O6+. The van der Waals surface area contributed by atoms with Crippen molar-refractivity contribution >= 4 is 0 Å². The maximum atomic E-state index is 9.25. The summed E-state index contributed by atoms with van der Waals surface area (Å²) in [4.78, 5) is 6.76. The Labute approximate surface area is 265 Å². The van der Waals surface area contributed by atoms with Crippen LogP contribution in [0.4, 0.5) is 0 Å². The van der Waals surface area contributed by atoms with Crippen LogP contribution >= 0.6 is 0 Å². The predicted octanol–water partition coefficient (Wildman–Crippen LogP) is 5.07. The van der Waals surface area contributed by atoms with Crippen LogP contribution in [-0.2, 0) is 18.9 Å². The molecule has 0 amide bonds. The van der Waals surface area contributed by atoms with Crippen LogP contribution < -0.4 is 0 Å². The first-order valence-corrected chi connectivity index (χ1v) is 14.5. The molecule has 1 saturated heterocycles. The third-order valence-corrected chi connectivity index (χ3v) is 7.28. The van der Waals surface area contributed by atoms with Gasteiger partial charge in [-0.25, -0.2) is 13.1 Å². The fourth-order valence-electron chi connectivity index (χ4n) is 4.77. The summed E-state index contributed by atoms with van der Waals surface area (Å²) in [5, 5.41) is 53.2. The van der Waals surface area contributed by atoms with Gasteiger partial charge in [-0.2, -0.15) is 21.0 Å². The van der Waals surface area contributed by atoms with Crippen LogP contribution in [0.5, 0.6) is 0 Å². The molecule has 1 heterocycles. The van der Waals surface area contributed by atoms with E-state index in [1.165, 1.54) is 0 Å². The van der Waals surface area contributed by atoms with Gasteiger partial charge in [0.15, 0.2) is 5.79 Å². The lowest BCUT2D eigenvalue weighted by atomic mass is 9.77. The molecule has 0 aliphatic carbocycles. The topological polar surface area (TPSA) is 181 Å². The predicted molar refractivity (Wildman–Crippen MR) is 164 cm³/mol. The van der Waals surface area contributed by atoms with E-state index in [-0.39, 0.29) is 45.6 Å². The number of hydrogen-bond acceptors (Lipinski definition) is 10. The molecule has 0 aromatic heterocycles. The molecule has 244 valence electrons. The number of ether oxygens (including phenoxy) is 4. The number of aliphatic hydroxyl groups is 2. The Morgan fingerprint density at radius 1 is 0.864 bits per heavy atom. The molecule has 2 unspecified atom stereocenters. The maximum Gasteiger partial charge on any atom is 1.00 e. The Balaban J connectivity index is -0.000000758. The van der Waals surface area contributed by atoms with Crippen LogP contribution in [0.2, 0.25) is 0 Å². The zero-order valence-corrected chi connectivity index (χ0v) is 25.6. The van der Waals surface area contributed by atoms with Crippen LogP contribution in [0.3, 0.4) is 0 Å². The number of rotatable bonds is 21. The summed E-state index contributed by atoms with van der Waals surface area (Å²) in [5.41, 5.74) is -0.670. The van der Waals surface area contributed by atoms with Gasteiger partial charge in [-0.05, 0) is 39.5 Å². The largest absolute Gasteiger partial charge is 1.00 e. The van der Waals surface area contributed by atoms with Crippen molar-refractivity contribution in [3.05, 3.63) is 22.8 Å². The van der Waals surface area contributed by atoms with Gasteiger partial charge >= 0.3 is 1.43 Å². The summed E-state index contributed by atoms with van der Waals surface area (Å²) in [5.74, 6) is -0.573. The zero-order valence-electron chi connectivity index (χ0n) is 26.6. The van der Waals surface area contributed by atoms with Crippen molar-refractivity contribution in [2.75, 3.05) is 52.7 Å². The van der Waals surface area contributed by atoms with Gasteiger partial charge in [0.25, 0.3) is 0 Å². The van der Waals surface area contributed by atoms with Crippen LogP contribution in [0.15, 0.2) is 0 Å². The third kappa shape index (κ3) is 19.1. The number of nitrogens with zero attached hydrogens (tertiary/aromatic N) is 6. The Kier molecular flexibility index (Phi) is 24.4. The van der Waals surface area contributed by atoms with Crippen LogP contribution in [0.1, 0.15) is 86.9 Å². The van der Waals surface area contributed by atoms with E-state index in [9.17, 15) is 5.11 Å². The fraction of sp³-hybridized carbons (Fsp3) is 0.812. The van der Waals surface area contributed by atoms with Crippen LogP contribution in [0.25, 0.3) is 9.69 Å². The summed E-state index contributed by atoms with van der Waals surface area (Å²) < 4.78 is 22.5. The van der Waals surface area contributed by atoms with Crippen molar-refractivity contribution in [3.8, 4) is 24.3 Å². The molecule has 12 nitrogen and oxygen atoms in total. The molecule has 0 spiro atoms. The average Bonchev–Trinajstić information content (AvgIpc) is 3.36. The maximum absolute atomic E-state index is 9.25. The van der Waals surface area contributed by atoms with E-state index in [0.717, 1.165) is 0 Å². The number of hydrogen-bond donors (Lipinski definition) is 2. The zero-order chi connectivity index (χ0) is 32.5. The van der Waals surface area contributed by atoms with Gasteiger partial charge in [0.05, 0.1) is 63.9 Å². The minimum absolute atomic E-state index is 0. The Morgan fingerprint density at radius 3 is 1.64 bits per heavy atom. The first-order chi connectivity index (χ1) is 20.6. The molecule has 1 aliphatic heterocycles. The number of nitriles is 4. The summed E-state index contributed by atoms with van der Waals surface area (Å²) in [6.07, 6.45) is 4.10. The molecule has 0 aromatic rings. The minimum Gasteiger partial charge on any atom is -0.394 e. The Morgan fingerprint density at radius 2 is 1.30 bits per heavy atom. The van der Waals surface area contributed by atoms with Crippen LogP contribution in [0, 0.1) is 69.3 Å². The quantitative estimate of drug-likeness (QED) is 0.165. The molecule has 0 aromatic carbocycles. The average molecular weight is 616 g/mol. The highest BCUT2D eigenvalue weighted by molar-refractivity contribution is 4.90. The molecule has 1 rings (SSSR count). The molecule has 0 bridgehead atoms. The summed E-state index contributed by atoms with van der Waals surface area (Å²) in [7, 11) is 0. The van der Waals surface area contributed by atoms with Crippen LogP contribution in [-0.4, -0.2) is 80.9 Å². The molecular weight excluding hydrogens is 564 g/mol. The van der Waals surface area contributed by atoms with Gasteiger partial charge in [0.2, 0.25) is 13.1 Å². The summed E-state index contributed by atoms with van der Waals surface area (Å²) in [6, 6.07) is 8.48. The minimum atomic E-state index is -0.930. The second-order valence-electron chi connectivity index (χ2n) is 11.2. The Hall–Kier alpha value is -3.30. The van der Waals surface area contributed by atoms with Gasteiger partial charge in [-0.15, -0.1) is 0 Å². The van der Waals surface area contributed by atoms with Crippen molar-refractivity contribution in [1.29, 1.82) is 21.0 Å². The van der Waals surface area contributed by atoms with E-state index in [1.54, 1.807) is 0 Å². The highest BCUT2D eigenvalue weighted by atomic mass is 16.7. The van der Waals surface area contributed by atoms with E-state index in [1.807, 2.05) is 13.8 Å². The first kappa shape index (κ1) is 42.8. The van der Waals surface area contributed by atoms with Gasteiger partial charge in [-0.3, -0.25) is 0 Å². The van der Waals surface area contributed by atoms with Crippen molar-refractivity contribution < 1.29 is 30.6 Å². The lowest BCUT2D eigenvalue weighted by Gasteiger charge is -2.31. The molecule has 1 aliphatic rings. The molecule has 1 fully saturated rings. The molecule has 12 heteroatoms. The molecule has 0 saturated carbocycles. The smallest absolute Gasteiger partial charge is 0.394 e. The van der Waals surface area contributed by atoms with Gasteiger partial charge < -0.3 is 38.9 Å². The second-order valence-corrected chi connectivity index (χ2v) is 11.2. The van der Waals surface area contributed by atoms with E-state index >= 15 is 0 Å². The van der Waals surface area contributed by atoms with Crippen molar-refractivity contribution in [2.45, 2.75) is 103 Å². The SMILES string of the molecule is C.[C-]#[N+]CCC(CCC#N)(CCC#N)COCC(O)CO.[C-]#[N+]CCC(CCC#N)(CCC#N)COCC1COC(C)(C)O1.[H+].